The van der Waals surface area contributed by atoms with E-state index in [2.05, 4.69) is 383 Å². The van der Waals surface area contributed by atoms with Gasteiger partial charge in [-0.15, -0.1) is 0 Å². The van der Waals surface area contributed by atoms with Crippen molar-refractivity contribution in [1.82, 2.24) is 19.1 Å². The summed E-state index contributed by atoms with van der Waals surface area (Å²) in [6.07, 6.45) is 0. The Morgan fingerprint density at radius 3 is 0.820 bits per heavy atom. The quantitative estimate of drug-likeness (QED) is 0.142. The Bertz CT molecular complexity index is 7260. The van der Waals surface area contributed by atoms with E-state index in [-0.39, 0.29) is 0 Å². The van der Waals surface area contributed by atoms with Gasteiger partial charge < -0.3 is 9.80 Å². The van der Waals surface area contributed by atoms with E-state index >= 15 is 0 Å². The van der Waals surface area contributed by atoms with E-state index in [0.29, 0.717) is 0 Å². The molecule has 4 heterocycles. The average molecular weight is 1410 g/mol. The third-order valence-electron chi connectivity index (χ3n) is 24.3. The van der Waals surface area contributed by atoms with Crippen molar-refractivity contribution in [2.24, 2.45) is 0 Å². The summed E-state index contributed by atoms with van der Waals surface area (Å²) < 4.78 is 4.82. The van der Waals surface area contributed by atoms with Crippen LogP contribution in [0, 0.1) is 0 Å². The molecule has 0 fully saturated rings. The van der Waals surface area contributed by atoms with Crippen molar-refractivity contribution in [3.05, 3.63) is 375 Å². The van der Waals surface area contributed by atoms with Crippen molar-refractivity contribution in [3.8, 4) is 78.7 Å². The highest BCUT2D eigenvalue weighted by Crippen LogP contribution is 2.51. The lowest BCUT2D eigenvalue weighted by atomic mass is 9.88. The van der Waals surface area contributed by atoms with Gasteiger partial charge >= 0.3 is 0 Å². The van der Waals surface area contributed by atoms with Crippen molar-refractivity contribution in [2.45, 2.75) is 13.1 Å². The highest BCUT2D eigenvalue weighted by Gasteiger charge is 2.34. The lowest BCUT2D eigenvalue weighted by Crippen LogP contribution is -2.46. The second-order valence-corrected chi connectivity index (χ2v) is 30.2. The predicted molar refractivity (Wildman–Crippen MR) is 467 cm³/mol. The number of anilines is 2. The molecule has 2 aliphatic rings. The molecule has 2 aromatic heterocycles. The molecule has 0 radical (unpaired) electrons. The van der Waals surface area contributed by atoms with Gasteiger partial charge in [0.2, 0.25) is 0 Å². The second-order valence-electron chi connectivity index (χ2n) is 30.2. The fourth-order valence-corrected chi connectivity index (χ4v) is 19.4. The molecule has 2 aliphatic heterocycles. The maximum absolute atomic E-state index is 5.72. The van der Waals surface area contributed by atoms with Crippen LogP contribution < -0.4 is 9.80 Å². The fourth-order valence-electron chi connectivity index (χ4n) is 19.4. The van der Waals surface area contributed by atoms with Crippen molar-refractivity contribution >= 4 is 141 Å². The third-order valence-corrected chi connectivity index (χ3v) is 24.3. The summed E-state index contributed by atoms with van der Waals surface area (Å²) >= 11 is 0. The number of hydrogen-bond donors (Lipinski definition) is 0. The van der Waals surface area contributed by atoms with Crippen molar-refractivity contribution in [1.29, 1.82) is 0 Å². The van der Waals surface area contributed by atoms with E-state index in [0.717, 1.165) is 86.7 Å². The largest absolute Gasteiger partial charge is 0.349 e. The summed E-state index contributed by atoms with van der Waals surface area (Å²) in [5, 5.41) is 24.5. The summed E-state index contributed by atoms with van der Waals surface area (Å²) in [7, 11) is 0. The molecule has 20 aromatic carbocycles. The molecule has 0 aliphatic carbocycles. The Kier molecular flexibility index (Phi) is 13.3. The van der Waals surface area contributed by atoms with E-state index in [1.165, 1.54) is 164 Å². The molecule has 24 rings (SSSR count). The number of nitrogens with zero attached hydrogens (tertiary/aromatic N) is 6. The van der Waals surface area contributed by atoms with Crippen molar-refractivity contribution in [3.63, 3.8) is 0 Å². The molecule has 2 bridgehead atoms. The smallest absolute Gasteiger partial charge is 0.145 e. The lowest BCUT2D eigenvalue weighted by Gasteiger charge is -2.46. The summed E-state index contributed by atoms with van der Waals surface area (Å²) in [6, 6.07) is 135. The van der Waals surface area contributed by atoms with Crippen molar-refractivity contribution < 1.29 is 0 Å². The molecule has 6 heteroatoms. The number of rotatable bonds is 8. The number of benzene rings is 20. The predicted octanol–water partition coefficient (Wildman–Crippen LogP) is 27.2. The molecule has 516 valence electrons. The monoisotopic (exact) mass is 1410 g/mol. The maximum atomic E-state index is 5.72. The molecule has 0 N–H and O–H groups in total. The minimum absolute atomic E-state index is 0.781. The fraction of sp³-hybridized carbons (Fsp3) is 0.0286. The molecule has 0 saturated carbocycles. The van der Waals surface area contributed by atoms with Crippen LogP contribution in [0.25, 0.3) is 208 Å². The van der Waals surface area contributed by atoms with Crippen LogP contribution in [0.1, 0.15) is 11.1 Å². The molecule has 0 unspecified atom stereocenters. The van der Waals surface area contributed by atoms with Gasteiger partial charge in [0, 0.05) is 67.9 Å². The van der Waals surface area contributed by atoms with Crippen LogP contribution in [0.3, 0.4) is 0 Å². The SMILES string of the molecule is c1ccc2c(c1)cc(-c1ccc(-n3c(-c4ccc(-c5cc6c(c7ccccc57)N5Cc7cc(-c8ccc(-c9nc%10c%11ccccc%11c%11ccccc%11c%10n9-c9ccc(-c%10cc%11ccccc%11c%11ccccc%10%11)cc9)cc8)c8ccccc8c7N(C6)C5)cc4)nc4c5ccccc5c5ccccc5c43)cc1)c1ccccc12. The van der Waals surface area contributed by atoms with Gasteiger partial charge in [-0.05, 0) is 180 Å². The van der Waals surface area contributed by atoms with Crippen LogP contribution in [0.5, 0.6) is 0 Å². The number of hydrogen-bond acceptors (Lipinski definition) is 4. The summed E-state index contributed by atoms with van der Waals surface area (Å²) in [6.45, 7) is 2.37. The number of aromatic nitrogens is 4. The van der Waals surface area contributed by atoms with E-state index < -0.39 is 0 Å². The Hall–Kier alpha value is -14.5. The molecular weight excluding hydrogens is 1350 g/mol. The van der Waals surface area contributed by atoms with Gasteiger partial charge in [0.15, 0.2) is 0 Å². The molecule has 0 atom stereocenters. The first-order valence-corrected chi connectivity index (χ1v) is 38.5. The standard InChI is InChI=1S/C105H66N6/c1-3-23-76-70(21-1)57-94(84-31-7-5-25-78(76)84)66-49-53-74(54-50-66)110-102-92-39-19-11-29-82(92)80-27-9-15-35-88(80)98(102)106-104(110)68-45-41-64(42-46-68)96-59-72-61-108-63-109(100(72)90-37-17-13-33-86(90)96)62-73-60-97(87-34-14-18-38-91(87)101(73)108)65-43-47-69(48-44-65)105-107-99-89-36-16-10-28-81(89)83-30-12-20-40-93(83)103(99)111(105)75-55-51-67(52-56-75)95-58-71-22-2-4-24-77(71)79-26-6-8-32-85(79)95/h1-60H,61-63H2. The molecule has 0 spiro atoms. The highest BCUT2D eigenvalue weighted by atomic mass is 15.4. The Morgan fingerprint density at radius 1 is 0.207 bits per heavy atom. The first kappa shape index (κ1) is 61.7. The Balaban J connectivity index is 0.588. The lowest BCUT2D eigenvalue weighted by molar-refractivity contribution is 0.657. The van der Waals surface area contributed by atoms with E-state index in [1.54, 1.807) is 0 Å². The second kappa shape index (κ2) is 24.0. The van der Waals surface area contributed by atoms with Gasteiger partial charge in [0.25, 0.3) is 0 Å². The molecule has 0 saturated heterocycles. The van der Waals surface area contributed by atoms with Gasteiger partial charge in [0.1, 0.15) is 11.6 Å². The maximum Gasteiger partial charge on any atom is 0.145 e. The zero-order valence-corrected chi connectivity index (χ0v) is 60.4. The average Bonchev–Trinajstić information content (AvgIpc) is 1.71. The first-order valence-electron chi connectivity index (χ1n) is 38.5. The van der Waals surface area contributed by atoms with E-state index in [1.807, 2.05) is 0 Å². The zero-order valence-electron chi connectivity index (χ0n) is 60.4. The molecule has 111 heavy (non-hydrogen) atoms. The number of fused-ring (bicyclic) bond motifs is 28. The topological polar surface area (TPSA) is 42.1 Å². The van der Waals surface area contributed by atoms with Crippen LogP contribution in [0.2, 0.25) is 0 Å². The first-order chi connectivity index (χ1) is 55.0. The normalized spacial score (nSPS) is 12.9. The molecule has 22 aromatic rings. The van der Waals surface area contributed by atoms with Crippen molar-refractivity contribution in [2.75, 3.05) is 16.5 Å². The number of imidazole rings is 2. The van der Waals surface area contributed by atoms with Gasteiger partial charge in [0.05, 0.1) is 40.1 Å². The van der Waals surface area contributed by atoms with Crippen LogP contribution in [0.4, 0.5) is 11.4 Å². The van der Waals surface area contributed by atoms with Gasteiger partial charge in [-0.1, -0.05) is 315 Å². The van der Waals surface area contributed by atoms with Gasteiger partial charge in [-0.2, -0.15) is 0 Å². The summed E-state index contributed by atoms with van der Waals surface area (Å²) in [5.41, 5.74) is 23.3. The van der Waals surface area contributed by atoms with Crippen LogP contribution >= 0.6 is 0 Å². The third kappa shape index (κ3) is 9.32. The van der Waals surface area contributed by atoms with Gasteiger partial charge in [-0.25, -0.2) is 9.97 Å². The van der Waals surface area contributed by atoms with Crippen LogP contribution in [-0.4, -0.2) is 25.8 Å². The minimum Gasteiger partial charge on any atom is -0.349 e. The molecular formula is C105H66N6. The van der Waals surface area contributed by atoms with Crippen LogP contribution in [-0.2, 0) is 13.1 Å². The van der Waals surface area contributed by atoms with E-state index in [9.17, 15) is 0 Å². The summed E-state index contributed by atoms with van der Waals surface area (Å²) in [5.74, 6) is 1.81. The highest BCUT2D eigenvalue weighted by molar-refractivity contribution is 6.26. The molecule has 6 nitrogen and oxygen atoms in total. The minimum atomic E-state index is 0.781. The van der Waals surface area contributed by atoms with Crippen LogP contribution in [0.15, 0.2) is 364 Å². The molecule has 0 amide bonds. The zero-order chi connectivity index (χ0) is 72.5. The van der Waals surface area contributed by atoms with E-state index in [4.69, 9.17) is 9.97 Å². The Labute approximate surface area is 639 Å². The van der Waals surface area contributed by atoms with Gasteiger partial charge in [-0.3, -0.25) is 9.13 Å². The Morgan fingerprint density at radius 2 is 0.459 bits per heavy atom. The summed E-state index contributed by atoms with van der Waals surface area (Å²) in [4.78, 5) is 16.7.